The van der Waals surface area contributed by atoms with Gasteiger partial charge in [0.2, 0.25) is 0 Å². The monoisotopic (exact) mass is 495 g/mol. The molecule has 1 aliphatic heterocycles. The molecule has 4 rings (SSSR count). The van der Waals surface area contributed by atoms with Gasteiger partial charge in [0.1, 0.15) is 12.4 Å². The molecule has 0 saturated carbocycles. The fourth-order valence-corrected chi connectivity index (χ4v) is 4.34. The summed E-state index contributed by atoms with van der Waals surface area (Å²) in [7, 11) is 1.55. The van der Waals surface area contributed by atoms with Crippen molar-refractivity contribution < 1.29 is 23.8 Å². The zero-order valence-electron chi connectivity index (χ0n) is 18.6. The van der Waals surface area contributed by atoms with Crippen molar-refractivity contribution in [3.63, 3.8) is 0 Å². The van der Waals surface area contributed by atoms with Gasteiger partial charge in [0.05, 0.1) is 24.3 Å². The Labute approximate surface area is 207 Å². The molecule has 6 nitrogen and oxygen atoms in total. The molecular formula is C26H22ClNO5S. The fraction of sp³-hybridized carbons (Fsp3) is 0.154. The van der Waals surface area contributed by atoms with Crippen molar-refractivity contribution in [2.75, 3.05) is 18.6 Å². The lowest BCUT2D eigenvalue weighted by atomic mass is 10.1. The van der Waals surface area contributed by atoms with Gasteiger partial charge in [-0.25, -0.2) is 4.90 Å². The Morgan fingerprint density at radius 2 is 1.71 bits per heavy atom. The van der Waals surface area contributed by atoms with Gasteiger partial charge in [-0.05, 0) is 72.3 Å². The fourth-order valence-electron chi connectivity index (χ4n) is 3.38. The number of imide groups is 1. The van der Waals surface area contributed by atoms with Crippen molar-refractivity contribution in [1.82, 2.24) is 0 Å². The summed E-state index contributed by atoms with van der Waals surface area (Å²) in [5.41, 5.74) is 2.11. The van der Waals surface area contributed by atoms with E-state index in [4.69, 9.17) is 25.8 Å². The molecule has 0 aromatic heterocycles. The summed E-state index contributed by atoms with van der Waals surface area (Å²) in [4.78, 5) is 27.2. The van der Waals surface area contributed by atoms with E-state index in [0.29, 0.717) is 51.6 Å². The molecule has 0 aliphatic carbocycles. The smallest absolute Gasteiger partial charge is 0.298 e. The first-order valence-corrected chi connectivity index (χ1v) is 11.7. The number of carbonyl (C=O) groups excluding carboxylic acids is 2. The van der Waals surface area contributed by atoms with Crippen molar-refractivity contribution >= 4 is 46.3 Å². The number of para-hydroxylation sites is 2. The van der Waals surface area contributed by atoms with E-state index < -0.39 is 5.91 Å². The molecule has 34 heavy (non-hydrogen) atoms. The number of halogens is 1. The third kappa shape index (κ3) is 5.21. The first-order valence-electron chi connectivity index (χ1n) is 10.5. The lowest BCUT2D eigenvalue weighted by Gasteiger charge is -2.16. The molecule has 8 heteroatoms. The van der Waals surface area contributed by atoms with Crippen LogP contribution in [0.25, 0.3) is 6.08 Å². The molecule has 0 spiro atoms. The molecule has 174 valence electrons. The third-order valence-corrected chi connectivity index (χ3v) is 6.11. The zero-order valence-corrected chi connectivity index (χ0v) is 20.2. The lowest BCUT2D eigenvalue weighted by Crippen LogP contribution is -2.28. The maximum Gasteiger partial charge on any atom is 0.298 e. The third-order valence-electron chi connectivity index (χ3n) is 4.99. The van der Waals surface area contributed by atoms with E-state index in [0.717, 1.165) is 22.2 Å². The number of thioether (sulfide) groups is 1. The summed E-state index contributed by atoms with van der Waals surface area (Å²) in [5, 5.41) is 0.287. The van der Waals surface area contributed by atoms with E-state index in [-0.39, 0.29) is 5.24 Å². The van der Waals surface area contributed by atoms with Gasteiger partial charge in [0, 0.05) is 5.02 Å². The van der Waals surface area contributed by atoms with Crippen LogP contribution in [-0.2, 0) is 11.4 Å². The topological polar surface area (TPSA) is 65.1 Å². The van der Waals surface area contributed by atoms with E-state index in [1.165, 1.54) is 0 Å². The Morgan fingerprint density at radius 3 is 2.44 bits per heavy atom. The summed E-state index contributed by atoms with van der Waals surface area (Å²) in [6.45, 7) is 2.63. The highest BCUT2D eigenvalue weighted by molar-refractivity contribution is 8.19. The minimum atomic E-state index is -0.399. The molecule has 0 atom stereocenters. The predicted octanol–water partition coefficient (Wildman–Crippen LogP) is 6.57. The minimum absolute atomic E-state index is 0.313. The number of hydrogen-bond donors (Lipinski definition) is 0. The maximum absolute atomic E-state index is 13.1. The molecule has 0 bridgehead atoms. The van der Waals surface area contributed by atoms with E-state index >= 15 is 0 Å². The van der Waals surface area contributed by atoms with Crippen LogP contribution in [0.2, 0.25) is 5.02 Å². The number of benzene rings is 3. The minimum Gasteiger partial charge on any atom is -0.493 e. The second kappa shape index (κ2) is 10.7. The Bertz CT molecular complexity index is 1240. The molecule has 2 amide bonds. The van der Waals surface area contributed by atoms with Crippen LogP contribution in [-0.4, -0.2) is 24.9 Å². The number of amides is 2. The van der Waals surface area contributed by atoms with Crippen LogP contribution < -0.4 is 19.1 Å². The second-order valence-corrected chi connectivity index (χ2v) is 8.67. The van der Waals surface area contributed by atoms with Gasteiger partial charge in [0.25, 0.3) is 11.1 Å². The number of hydrogen-bond acceptors (Lipinski definition) is 6. The van der Waals surface area contributed by atoms with E-state index in [2.05, 4.69) is 0 Å². The largest absolute Gasteiger partial charge is 0.493 e. The van der Waals surface area contributed by atoms with Crippen LogP contribution in [0.4, 0.5) is 10.5 Å². The molecule has 0 N–H and O–H groups in total. The highest BCUT2D eigenvalue weighted by Crippen LogP contribution is 2.40. The first-order chi connectivity index (χ1) is 16.5. The van der Waals surface area contributed by atoms with Gasteiger partial charge < -0.3 is 14.2 Å². The first kappa shape index (κ1) is 23.7. The predicted molar refractivity (Wildman–Crippen MR) is 135 cm³/mol. The van der Waals surface area contributed by atoms with Crippen molar-refractivity contribution in [2.45, 2.75) is 13.5 Å². The van der Waals surface area contributed by atoms with Crippen LogP contribution in [0, 0.1) is 0 Å². The Morgan fingerprint density at radius 1 is 0.941 bits per heavy atom. The van der Waals surface area contributed by atoms with Crippen molar-refractivity contribution in [1.29, 1.82) is 0 Å². The van der Waals surface area contributed by atoms with Gasteiger partial charge in [-0.15, -0.1) is 0 Å². The number of nitrogens with zero attached hydrogens (tertiary/aromatic N) is 1. The van der Waals surface area contributed by atoms with E-state index in [1.807, 2.05) is 25.1 Å². The van der Waals surface area contributed by atoms with Crippen molar-refractivity contribution in [3.05, 3.63) is 87.8 Å². The molecule has 3 aromatic rings. The number of methoxy groups -OCH3 is 1. The summed E-state index contributed by atoms with van der Waals surface area (Å²) in [5.74, 6) is 1.17. The van der Waals surface area contributed by atoms with Gasteiger partial charge in [-0.3, -0.25) is 9.59 Å². The lowest BCUT2D eigenvalue weighted by molar-refractivity contribution is -0.113. The molecule has 1 heterocycles. The Kier molecular flexibility index (Phi) is 7.45. The maximum atomic E-state index is 13.1. The normalized spacial score (nSPS) is 14.6. The zero-order chi connectivity index (χ0) is 24.1. The molecule has 1 fully saturated rings. The quantitative estimate of drug-likeness (QED) is 0.329. The average Bonchev–Trinajstić information content (AvgIpc) is 3.12. The molecule has 1 saturated heterocycles. The summed E-state index contributed by atoms with van der Waals surface area (Å²) in [6.07, 6.45) is 1.67. The average molecular weight is 496 g/mol. The molecular weight excluding hydrogens is 474 g/mol. The standard InChI is InChI=1S/C26H22ClNO5S/c1-3-32-21-7-5-4-6-20(21)28-25(29)24(34-26(28)30)15-18-10-13-22(23(14-18)31-2)33-16-17-8-11-19(27)12-9-17/h4-15H,3,16H2,1-2H3/b24-15-. The number of carbonyl (C=O) groups is 2. The Hall–Kier alpha value is -3.42. The number of ether oxygens (including phenoxy) is 3. The van der Waals surface area contributed by atoms with Crippen molar-refractivity contribution in [3.8, 4) is 17.2 Å². The van der Waals surface area contributed by atoms with E-state index in [1.54, 1.807) is 61.7 Å². The van der Waals surface area contributed by atoms with Crippen LogP contribution in [0.5, 0.6) is 17.2 Å². The molecule has 1 aliphatic rings. The molecule has 0 unspecified atom stereocenters. The Balaban J connectivity index is 1.54. The summed E-state index contributed by atoms with van der Waals surface area (Å²) in [6, 6.07) is 19.7. The highest BCUT2D eigenvalue weighted by atomic mass is 35.5. The number of anilines is 1. The van der Waals surface area contributed by atoms with E-state index in [9.17, 15) is 9.59 Å². The molecule has 0 radical (unpaired) electrons. The van der Waals surface area contributed by atoms with Crippen LogP contribution in [0.1, 0.15) is 18.1 Å². The van der Waals surface area contributed by atoms with Crippen LogP contribution >= 0.6 is 23.4 Å². The number of rotatable bonds is 8. The molecule has 3 aromatic carbocycles. The van der Waals surface area contributed by atoms with Crippen molar-refractivity contribution in [2.24, 2.45) is 0 Å². The van der Waals surface area contributed by atoms with Gasteiger partial charge in [0.15, 0.2) is 11.5 Å². The summed E-state index contributed by atoms with van der Waals surface area (Å²) < 4.78 is 17.0. The van der Waals surface area contributed by atoms with Gasteiger partial charge >= 0.3 is 0 Å². The van der Waals surface area contributed by atoms with Gasteiger partial charge in [-0.2, -0.15) is 0 Å². The van der Waals surface area contributed by atoms with Gasteiger partial charge in [-0.1, -0.05) is 41.9 Å². The second-order valence-electron chi connectivity index (χ2n) is 7.24. The SMILES string of the molecule is CCOc1ccccc1N1C(=O)S/C(=C\c2ccc(OCc3ccc(Cl)cc3)c(OC)c2)C1=O. The summed E-state index contributed by atoms with van der Waals surface area (Å²) >= 11 is 6.81. The van der Waals surface area contributed by atoms with Crippen LogP contribution in [0.15, 0.2) is 71.6 Å². The highest BCUT2D eigenvalue weighted by Gasteiger charge is 2.37. The van der Waals surface area contributed by atoms with Crippen LogP contribution in [0.3, 0.4) is 0 Å².